The van der Waals surface area contributed by atoms with Gasteiger partial charge < -0.3 is 4.74 Å². The van der Waals surface area contributed by atoms with Crippen LogP contribution in [-0.2, 0) is 16.2 Å². The lowest BCUT2D eigenvalue weighted by Gasteiger charge is -2.27. The zero-order valence-electron chi connectivity index (χ0n) is 18.7. The van der Waals surface area contributed by atoms with E-state index in [9.17, 15) is 14.4 Å². The summed E-state index contributed by atoms with van der Waals surface area (Å²) in [6.07, 6.45) is 1.41. The van der Waals surface area contributed by atoms with E-state index in [4.69, 9.17) is 27.9 Å². The molecular formula is C26H19BrCl2N2O4. The van der Waals surface area contributed by atoms with Crippen LogP contribution in [0.3, 0.4) is 0 Å². The summed E-state index contributed by atoms with van der Waals surface area (Å²) in [5.41, 5.74) is 3.38. The number of carbonyl (C=O) groups is 3. The van der Waals surface area contributed by atoms with Crippen molar-refractivity contribution in [3.63, 3.8) is 0 Å². The van der Waals surface area contributed by atoms with Gasteiger partial charge in [0.05, 0.1) is 15.7 Å². The lowest BCUT2D eigenvalue weighted by molar-refractivity contribution is -0.122. The number of ether oxygens (including phenoxy) is 1. The number of anilines is 1. The van der Waals surface area contributed by atoms with Crippen LogP contribution in [0.5, 0.6) is 5.75 Å². The predicted molar refractivity (Wildman–Crippen MR) is 140 cm³/mol. The molecule has 0 atom stereocenters. The molecule has 6 nitrogen and oxygen atoms in total. The Morgan fingerprint density at radius 2 is 1.71 bits per heavy atom. The fourth-order valence-electron chi connectivity index (χ4n) is 3.47. The minimum Gasteiger partial charge on any atom is -0.488 e. The Morgan fingerprint density at radius 1 is 0.943 bits per heavy atom. The van der Waals surface area contributed by atoms with E-state index in [1.165, 1.54) is 6.08 Å². The van der Waals surface area contributed by atoms with Gasteiger partial charge in [0.25, 0.3) is 11.8 Å². The SMILES string of the molecule is Cc1ccc(N2C(=O)NC(=O)/C(=C\c3cc(Br)ccc3OCc3ccc(Cl)c(Cl)c3)C2=O)cc1C. The number of amides is 4. The van der Waals surface area contributed by atoms with Gasteiger partial charge in [0.15, 0.2) is 0 Å². The number of urea groups is 1. The van der Waals surface area contributed by atoms with Gasteiger partial charge in [-0.2, -0.15) is 0 Å². The summed E-state index contributed by atoms with van der Waals surface area (Å²) >= 11 is 15.5. The second-order valence-electron chi connectivity index (χ2n) is 7.95. The van der Waals surface area contributed by atoms with E-state index in [-0.39, 0.29) is 12.2 Å². The molecule has 0 aliphatic carbocycles. The van der Waals surface area contributed by atoms with Crippen molar-refractivity contribution in [1.29, 1.82) is 0 Å². The molecule has 1 aliphatic rings. The predicted octanol–water partition coefficient (Wildman–Crippen LogP) is 6.62. The van der Waals surface area contributed by atoms with Gasteiger partial charge in [-0.3, -0.25) is 14.9 Å². The zero-order valence-corrected chi connectivity index (χ0v) is 21.8. The van der Waals surface area contributed by atoms with Crippen molar-refractivity contribution < 1.29 is 19.1 Å². The molecule has 1 fully saturated rings. The van der Waals surface area contributed by atoms with E-state index in [0.29, 0.717) is 27.0 Å². The van der Waals surface area contributed by atoms with Gasteiger partial charge in [0.1, 0.15) is 17.9 Å². The van der Waals surface area contributed by atoms with Crippen molar-refractivity contribution in [2.75, 3.05) is 4.90 Å². The fourth-order valence-corrected chi connectivity index (χ4v) is 4.17. The molecule has 0 aromatic heterocycles. The second-order valence-corrected chi connectivity index (χ2v) is 9.68. The highest BCUT2D eigenvalue weighted by Crippen LogP contribution is 2.30. The Morgan fingerprint density at radius 3 is 2.43 bits per heavy atom. The van der Waals surface area contributed by atoms with Crippen LogP contribution in [-0.4, -0.2) is 17.8 Å². The van der Waals surface area contributed by atoms with Crippen molar-refractivity contribution >= 4 is 68.7 Å². The van der Waals surface area contributed by atoms with E-state index in [0.717, 1.165) is 26.1 Å². The van der Waals surface area contributed by atoms with Crippen LogP contribution >= 0.6 is 39.1 Å². The summed E-state index contributed by atoms with van der Waals surface area (Å²) in [7, 11) is 0. The summed E-state index contributed by atoms with van der Waals surface area (Å²) < 4.78 is 6.68. The lowest BCUT2D eigenvalue weighted by Crippen LogP contribution is -2.54. The van der Waals surface area contributed by atoms with Crippen LogP contribution in [0.1, 0.15) is 22.3 Å². The monoisotopic (exact) mass is 572 g/mol. The van der Waals surface area contributed by atoms with Crippen molar-refractivity contribution in [3.05, 3.63) is 96.9 Å². The average Bonchev–Trinajstić information content (AvgIpc) is 2.80. The van der Waals surface area contributed by atoms with Crippen LogP contribution in [0.25, 0.3) is 6.08 Å². The quantitative estimate of drug-likeness (QED) is 0.275. The molecule has 3 aromatic carbocycles. The highest BCUT2D eigenvalue weighted by Gasteiger charge is 2.37. The Kier molecular flexibility index (Phi) is 7.31. The van der Waals surface area contributed by atoms with E-state index in [1.54, 1.807) is 48.5 Å². The standard InChI is InChI=1S/C26H19BrCl2N2O4/c1-14-3-6-19(9-15(14)2)31-25(33)20(24(32)30-26(31)34)12-17-11-18(27)5-8-23(17)35-13-16-4-7-21(28)22(29)10-16/h3-12H,13H2,1-2H3,(H,30,32,34)/b20-12+. The normalized spacial score (nSPS) is 14.9. The summed E-state index contributed by atoms with van der Waals surface area (Å²) in [5, 5.41) is 3.09. The number of hydrogen-bond acceptors (Lipinski definition) is 4. The molecule has 4 amide bonds. The molecule has 35 heavy (non-hydrogen) atoms. The molecule has 1 aliphatic heterocycles. The van der Waals surface area contributed by atoms with Gasteiger partial charge in [0.2, 0.25) is 0 Å². The maximum Gasteiger partial charge on any atom is 0.335 e. The molecule has 1 heterocycles. The molecule has 0 saturated carbocycles. The number of carbonyl (C=O) groups excluding carboxylic acids is 3. The smallest absolute Gasteiger partial charge is 0.335 e. The maximum absolute atomic E-state index is 13.3. The van der Waals surface area contributed by atoms with Gasteiger partial charge in [-0.15, -0.1) is 0 Å². The first kappa shape index (κ1) is 25.0. The zero-order chi connectivity index (χ0) is 25.3. The second kappa shape index (κ2) is 10.2. The maximum atomic E-state index is 13.3. The largest absolute Gasteiger partial charge is 0.488 e. The topological polar surface area (TPSA) is 75.7 Å². The number of imide groups is 2. The van der Waals surface area contributed by atoms with Crippen LogP contribution in [0.2, 0.25) is 10.0 Å². The molecule has 0 bridgehead atoms. The first-order valence-corrected chi connectivity index (χ1v) is 12.0. The number of aryl methyl sites for hydroxylation is 2. The van der Waals surface area contributed by atoms with E-state index >= 15 is 0 Å². The Bertz CT molecular complexity index is 1400. The van der Waals surface area contributed by atoms with Gasteiger partial charge in [-0.25, -0.2) is 9.69 Å². The van der Waals surface area contributed by atoms with E-state index in [1.807, 2.05) is 19.9 Å². The Labute approximate surface area is 220 Å². The third kappa shape index (κ3) is 5.42. The molecule has 1 saturated heterocycles. The van der Waals surface area contributed by atoms with Gasteiger partial charge >= 0.3 is 6.03 Å². The molecule has 0 spiro atoms. The molecule has 9 heteroatoms. The van der Waals surface area contributed by atoms with Gasteiger partial charge in [0, 0.05) is 10.0 Å². The summed E-state index contributed by atoms with van der Waals surface area (Å²) in [4.78, 5) is 39.4. The molecule has 178 valence electrons. The number of halogens is 3. The van der Waals surface area contributed by atoms with E-state index < -0.39 is 17.8 Å². The highest BCUT2D eigenvalue weighted by atomic mass is 79.9. The van der Waals surface area contributed by atoms with Crippen molar-refractivity contribution in [2.24, 2.45) is 0 Å². The first-order chi connectivity index (χ1) is 16.6. The van der Waals surface area contributed by atoms with Gasteiger partial charge in [-0.1, -0.05) is 51.3 Å². The first-order valence-electron chi connectivity index (χ1n) is 10.5. The molecule has 1 N–H and O–H groups in total. The Hall–Kier alpha value is -3.13. The number of nitrogens with one attached hydrogen (secondary N) is 1. The Balaban J connectivity index is 1.67. The summed E-state index contributed by atoms with van der Waals surface area (Å²) in [6.45, 7) is 3.99. The number of barbiturate groups is 1. The van der Waals surface area contributed by atoms with Crippen LogP contribution in [0, 0.1) is 13.8 Å². The number of benzene rings is 3. The number of hydrogen-bond donors (Lipinski definition) is 1. The lowest BCUT2D eigenvalue weighted by atomic mass is 10.0. The van der Waals surface area contributed by atoms with Crippen molar-refractivity contribution in [1.82, 2.24) is 5.32 Å². The van der Waals surface area contributed by atoms with Crippen LogP contribution in [0.15, 0.2) is 64.6 Å². The minimum atomic E-state index is -0.800. The highest BCUT2D eigenvalue weighted by molar-refractivity contribution is 9.10. The average molecular weight is 574 g/mol. The third-order valence-corrected chi connectivity index (χ3v) is 6.73. The molecule has 0 radical (unpaired) electrons. The summed E-state index contributed by atoms with van der Waals surface area (Å²) in [6, 6.07) is 14.8. The molecular weight excluding hydrogens is 555 g/mol. The third-order valence-electron chi connectivity index (χ3n) is 5.50. The number of nitrogens with zero attached hydrogens (tertiary/aromatic N) is 1. The summed E-state index contributed by atoms with van der Waals surface area (Å²) in [5.74, 6) is -1.07. The molecule has 3 aromatic rings. The van der Waals surface area contributed by atoms with Crippen LogP contribution in [0.4, 0.5) is 10.5 Å². The molecule has 4 rings (SSSR count). The van der Waals surface area contributed by atoms with Crippen molar-refractivity contribution in [3.8, 4) is 5.75 Å². The fraction of sp³-hybridized carbons (Fsp3) is 0.115. The van der Waals surface area contributed by atoms with E-state index in [2.05, 4.69) is 21.2 Å². The van der Waals surface area contributed by atoms with Gasteiger partial charge in [-0.05, 0) is 79.1 Å². The van der Waals surface area contributed by atoms with Crippen LogP contribution < -0.4 is 15.0 Å². The number of rotatable bonds is 5. The minimum absolute atomic E-state index is 0.183. The van der Waals surface area contributed by atoms with Crippen molar-refractivity contribution in [2.45, 2.75) is 20.5 Å². The molecule has 0 unspecified atom stereocenters.